The van der Waals surface area contributed by atoms with E-state index in [1.54, 1.807) is 0 Å². The average molecular weight is 241 g/mol. The predicted octanol–water partition coefficient (Wildman–Crippen LogP) is 1.27. The lowest BCUT2D eigenvalue weighted by molar-refractivity contribution is -0.117. The zero-order valence-corrected chi connectivity index (χ0v) is 8.47. The summed E-state index contributed by atoms with van der Waals surface area (Å²) in [5.74, 6) is -0.102. The SMILES string of the molecule is N[C@@H]1Cc2cc(Br)ccc2NC1=O. The first kappa shape index (κ1) is 8.72. The number of rotatable bonds is 0. The minimum atomic E-state index is -0.415. The quantitative estimate of drug-likeness (QED) is 0.718. The zero-order valence-electron chi connectivity index (χ0n) is 6.88. The van der Waals surface area contributed by atoms with Gasteiger partial charge in [0.1, 0.15) is 0 Å². The summed E-state index contributed by atoms with van der Waals surface area (Å²) >= 11 is 3.37. The topological polar surface area (TPSA) is 55.1 Å². The number of nitrogens with two attached hydrogens (primary N) is 1. The number of amides is 1. The number of benzene rings is 1. The van der Waals surface area contributed by atoms with Crippen LogP contribution < -0.4 is 11.1 Å². The summed E-state index contributed by atoms with van der Waals surface area (Å²) in [7, 11) is 0. The normalized spacial score (nSPS) is 20.8. The molecule has 1 aromatic carbocycles. The first-order valence-electron chi connectivity index (χ1n) is 4.01. The summed E-state index contributed by atoms with van der Waals surface area (Å²) < 4.78 is 1.01. The molecule has 4 heteroatoms. The van der Waals surface area contributed by atoms with Crippen LogP contribution >= 0.6 is 15.9 Å². The Morgan fingerprint density at radius 3 is 3.08 bits per heavy atom. The van der Waals surface area contributed by atoms with Crippen LogP contribution in [-0.2, 0) is 11.2 Å². The number of halogens is 1. The molecule has 13 heavy (non-hydrogen) atoms. The third-order valence-electron chi connectivity index (χ3n) is 2.10. The Balaban J connectivity index is 2.42. The molecule has 1 aliphatic heterocycles. The highest BCUT2D eigenvalue weighted by molar-refractivity contribution is 9.10. The van der Waals surface area contributed by atoms with Crippen LogP contribution in [-0.4, -0.2) is 11.9 Å². The lowest BCUT2D eigenvalue weighted by atomic mass is 10.00. The molecule has 0 spiro atoms. The number of hydrogen-bond acceptors (Lipinski definition) is 2. The molecule has 0 aliphatic carbocycles. The van der Waals surface area contributed by atoms with Crippen molar-refractivity contribution >= 4 is 27.5 Å². The van der Waals surface area contributed by atoms with Gasteiger partial charge in [0.05, 0.1) is 6.04 Å². The van der Waals surface area contributed by atoms with E-state index in [1.165, 1.54) is 0 Å². The highest BCUT2D eigenvalue weighted by atomic mass is 79.9. The van der Waals surface area contributed by atoms with Crippen LogP contribution in [0.25, 0.3) is 0 Å². The second kappa shape index (κ2) is 3.12. The van der Waals surface area contributed by atoms with Crippen molar-refractivity contribution < 1.29 is 4.79 Å². The molecular formula is C9H9BrN2O. The van der Waals surface area contributed by atoms with E-state index < -0.39 is 6.04 Å². The smallest absolute Gasteiger partial charge is 0.241 e. The van der Waals surface area contributed by atoms with Crippen molar-refractivity contribution in [3.63, 3.8) is 0 Å². The van der Waals surface area contributed by atoms with E-state index in [2.05, 4.69) is 21.2 Å². The molecule has 1 heterocycles. The second-order valence-corrected chi connectivity index (χ2v) is 4.02. The van der Waals surface area contributed by atoms with Crippen molar-refractivity contribution in [2.45, 2.75) is 12.5 Å². The summed E-state index contributed by atoms with van der Waals surface area (Å²) in [6.45, 7) is 0. The Bertz CT molecular complexity index is 365. The Kier molecular flexibility index (Phi) is 2.09. The van der Waals surface area contributed by atoms with Crippen LogP contribution in [0.15, 0.2) is 22.7 Å². The Hall–Kier alpha value is -0.870. The van der Waals surface area contributed by atoms with Crippen LogP contribution in [0.4, 0.5) is 5.69 Å². The molecule has 1 amide bonds. The van der Waals surface area contributed by atoms with Gasteiger partial charge < -0.3 is 11.1 Å². The molecule has 0 saturated carbocycles. The van der Waals surface area contributed by atoms with Gasteiger partial charge in [-0.25, -0.2) is 0 Å². The summed E-state index contributed by atoms with van der Waals surface area (Å²) in [5, 5.41) is 2.75. The lowest BCUT2D eigenvalue weighted by Crippen LogP contribution is -2.40. The number of fused-ring (bicyclic) bond motifs is 1. The molecule has 3 N–H and O–H groups in total. The molecule has 1 aromatic rings. The van der Waals surface area contributed by atoms with Crippen LogP contribution in [0.2, 0.25) is 0 Å². The minimum absolute atomic E-state index is 0.102. The monoisotopic (exact) mass is 240 g/mol. The van der Waals surface area contributed by atoms with Gasteiger partial charge in [-0.15, -0.1) is 0 Å². The predicted molar refractivity (Wildman–Crippen MR) is 54.5 cm³/mol. The molecule has 0 bridgehead atoms. The van der Waals surface area contributed by atoms with Crippen LogP contribution in [0.3, 0.4) is 0 Å². The maximum Gasteiger partial charge on any atom is 0.241 e. The fraction of sp³-hybridized carbons (Fsp3) is 0.222. The second-order valence-electron chi connectivity index (χ2n) is 3.10. The average Bonchev–Trinajstić information content (AvgIpc) is 2.08. The van der Waals surface area contributed by atoms with Gasteiger partial charge in [-0.05, 0) is 30.2 Å². The number of nitrogens with one attached hydrogen (secondary N) is 1. The van der Waals surface area contributed by atoms with Gasteiger partial charge in [-0.2, -0.15) is 0 Å². The van der Waals surface area contributed by atoms with E-state index in [-0.39, 0.29) is 5.91 Å². The van der Waals surface area contributed by atoms with Crippen molar-refractivity contribution in [3.05, 3.63) is 28.2 Å². The molecule has 3 nitrogen and oxygen atoms in total. The number of anilines is 1. The summed E-state index contributed by atoms with van der Waals surface area (Å²) in [6, 6.07) is 5.34. The van der Waals surface area contributed by atoms with Gasteiger partial charge >= 0.3 is 0 Å². The number of carbonyl (C=O) groups excluding carboxylic acids is 1. The highest BCUT2D eigenvalue weighted by Crippen LogP contribution is 2.25. The largest absolute Gasteiger partial charge is 0.324 e. The Morgan fingerprint density at radius 2 is 2.31 bits per heavy atom. The molecule has 1 aliphatic rings. The molecule has 68 valence electrons. The van der Waals surface area contributed by atoms with E-state index in [0.29, 0.717) is 6.42 Å². The van der Waals surface area contributed by atoms with Crippen molar-refractivity contribution in [1.29, 1.82) is 0 Å². The molecule has 0 aromatic heterocycles. The Labute approximate surface area is 84.4 Å². The van der Waals surface area contributed by atoms with Crippen LogP contribution in [0.5, 0.6) is 0 Å². The maximum atomic E-state index is 11.2. The standard InChI is InChI=1S/C9H9BrN2O/c10-6-1-2-8-5(3-6)4-7(11)9(13)12-8/h1-3,7H,4,11H2,(H,12,13)/t7-/m1/s1. The van der Waals surface area contributed by atoms with Crippen molar-refractivity contribution in [3.8, 4) is 0 Å². The maximum absolute atomic E-state index is 11.2. The third-order valence-corrected chi connectivity index (χ3v) is 2.60. The van der Waals surface area contributed by atoms with Gasteiger partial charge in [0.15, 0.2) is 0 Å². The summed E-state index contributed by atoms with van der Waals surface area (Å²) in [6.07, 6.45) is 0.612. The van der Waals surface area contributed by atoms with E-state index in [0.717, 1.165) is 15.7 Å². The van der Waals surface area contributed by atoms with Gasteiger partial charge in [-0.1, -0.05) is 15.9 Å². The summed E-state index contributed by atoms with van der Waals surface area (Å²) in [5.41, 5.74) is 7.57. The minimum Gasteiger partial charge on any atom is -0.324 e. The van der Waals surface area contributed by atoms with Crippen LogP contribution in [0.1, 0.15) is 5.56 Å². The molecule has 0 fully saturated rings. The van der Waals surface area contributed by atoms with Gasteiger partial charge in [0.2, 0.25) is 5.91 Å². The van der Waals surface area contributed by atoms with E-state index in [9.17, 15) is 4.79 Å². The molecule has 1 atom stereocenters. The fourth-order valence-corrected chi connectivity index (χ4v) is 1.82. The lowest BCUT2D eigenvalue weighted by Gasteiger charge is -2.21. The van der Waals surface area contributed by atoms with Gasteiger partial charge in [0.25, 0.3) is 0 Å². The summed E-state index contributed by atoms with van der Waals surface area (Å²) in [4.78, 5) is 11.2. The van der Waals surface area contributed by atoms with Crippen molar-refractivity contribution in [1.82, 2.24) is 0 Å². The fourth-order valence-electron chi connectivity index (χ4n) is 1.41. The van der Waals surface area contributed by atoms with Crippen molar-refractivity contribution in [2.24, 2.45) is 5.73 Å². The molecule has 2 rings (SSSR count). The highest BCUT2D eigenvalue weighted by Gasteiger charge is 2.22. The van der Waals surface area contributed by atoms with E-state index >= 15 is 0 Å². The first-order chi connectivity index (χ1) is 6.16. The first-order valence-corrected chi connectivity index (χ1v) is 4.81. The van der Waals surface area contributed by atoms with E-state index in [4.69, 9.17) is 5.73 Å². The van der Waals surface area contributed by atoms with E-state index in [1.807, 2.05) is 18.2 Å². The number of hydrogen-bond donors (Lipinski definition) is 2. The van der Waals surface area contributed by atoms with Gasteiger partial charge in [-0.3, -0.25) is 4.79 Å². The molecule has 0 radical (unpaired) electrons. The zero-order chi connectivity index (χ0) is 9.42. The van der Waals surface area contributed by atoms with Crippen molar-refractivity contribution in [2.75, 3.05) is 5.32 Å². The van der Waals surface area contributed by atoms with Crippen LogP contribution in [0, 0.1) is 0 Å². The molecule has 0 unspecified atom stereocenters. The molecular weight excluding hydrogens is 232 g/mol. The Morgan fingerprint density at radius 1 is 1.54 bits per heavy atom. The molecule has 0 saturated heterocycles. The van der Waals surface area contributed by atoms with Gasteiger partial charge in [0, 0.05) is 10.2 Å². The third kappa shape index (κ3) is 1.59. The number of carbonyl (C=O) groups is 1.